The van der Waals surface area contributed by atoms with Gasteiger partial charge < -0.3 is 9.80 Å². The van der Waals surface area contributed by atoms with Crippen LogP contribution in [0.5, 0.6) is 0 Å². The molecule has 0 amide bonds. The van der Waals surface area contributed by atoms with Gasteiger partial charge >= 0.3 is 0 Å². The Kier molecular flexibility index (Phi) is 4.69. The Morgan fingerprint density at radius 1 is 0.875 bits per heavy atom. The molecule has 0 unspecified atom stereocenters. The van der Waals surface area contributed by atoms with Gasteiger partial charge in [0.1, 0.15) is 6.54 Å². The molecule has 0 aromatic carbocycles. The third kappa shape index (κ3) is 3.23. The zero-order valence-electron chi connectivity index (χ0n) is 10.4. The van der Waals surface area contributed by atoms with Gasteiger partial charge in [-0.25, -0.2) is 0 Å². The van der Waals surface area contributed by atoms with Gasteiger partial charge in [-0.15, -0.1) is 6.42 Å². The summed E-state index contributed by atoms with van der Waals surface area (Å²) in [6, 6.07) is 0.480. The molecule has 90 valence electrons. The Hall–Kier alpha value is -0.520. The van der Waals surface area contributed by atoms with Crippen LogP contribution in [0.4, 0.5) is 0 Å². The summed E-state index contributed by atoms with van der Waals surface area (Å²) in [7, 11) is 0. The Labute approximate surface area is 100.0 Å². The molecule has 0 bridgehead atoms. The van der Waals surface area contributed by atoms with E-state index in [9.17, 15) is 0 Å². The average molecular weight is 222 g/mol. The minimum atomic E-state index is 0.480. The third-order valence-electron chi connectivity index (χ3n) is 4.24. The second-order valence-corrected chi connectivity index (χ2v) is 5.45. The quantitative estimate of drug-likeness (QED) is 0.574. The van der Waals surface area contributed by atoms with Gasteiger partial charge in [0.2, 0.25) is 0 Å². The zero-order valence-corrected chi connectivity index (χ0v) is 10.4. The van der Waals surface area contributed by atoms with Crippen molar-refractivity contribution in [2.24, 2.45) is 0 Å². The predicted molar refractivity (Wildman–Crippen MR) is 66.6 cm³/mol. The Bertz CT molecular complexity index is 232. The van der Waals surface area contributed by atoms with Crippen molar-refractivity contribution < 1.29 is 9.80 Å². The van der Waals surface area contributed by atoms with Gasteiger partial charge in [-0.1, -0.05) is 0 Å². The van der Waals surface area contributed by atoms with Crippen molar-refractivity contribution in [1.82, 2.24) is 0 Å². The van der Waals surface area contributed by atoms with Gasteiger partial charge in [0.25, 0.3) is 0 Å². The van der Waals surface area contributed by atoms with Crippen LogP contribution in [0.3, 0.4) is 0 Å². The van der Waals surface area contributed by atoms with E-state index in [-0.39, 0.29) is 0 Å². The first-order valence-electron chi connectivity index (χ1n) is 7.04. The molecular formula is C14H26N2+2. The Morgan fingerprint density at radius 2 is 1.44 bits per heavy atom. The topological polar surface area (TPSA) is 8.88 Å². The molecular weight excluding hydrogens is 196 g/mol. The normalized spacial score (nSPS) is 26.2. The molecule has 2 aliphatic rings. The van der Waals surface area contributed by atoms with Crippen LogP contribution in [0.2, 0.25) is 0 Å². The summed E-state index contributed by atoms with van der Waals surface area (Å²) in [5, 5.41) is 0. The van der Waals surface area contributed by atoms with E-state index in [0.29, 0.717) is 6.04 Å². The summed E-state index contributed by atoms with van der Waals surface area (Å²) < 4.78 is 0. The summed E-state index contributed by atoms with van der Waals surface area (Å²) >= 11 is 0. The van der Waals surface area contributed by atoms with E-state index >= 15 is 0 Å². The third-order valence-corrected chi connectivity index (χ3v) is 4.24. The Balaban J connectivity index is 1.81. The molecule has 0 spiro atoms. The molecule has 0 saturated carbocycles. The maximum atomic E-state index is 5.74. The van der Waals surface area contributed by atoms with Crippen LogP contribution < -0.4 is 9.80 Å². The molecule has 2 heteroatoms. The number of piperidine rings is 2. The van der Waals surface area contributed by atoms with E-state index in [2.05, 4.69) is 5.92 Å². The largest absolute Gasteiger partial charge is 0.329 e. The average Bonchev–Trinajstić information content (AvgIpc) is 2.38. The molecule has 2 N–H and O–H groups in total. The highest BCUT2D eigenvalue weighted by Crippen LogP contribution is 1.96. The van der Waals surface area contributed by atoms with Crippen LogP contribution in [0, 0.1) is 12.3 Å². The van der Waals surface area contributed by atoms with Gasteiger partial charge in [0.15, 0.2) is 6.04 Å². The van der Waals surface area contributed by atoms with E-state index in [1.54, 1.807) is 9.80 Å². The fourth-order valence-corrected chi connectivity index (χ4v) is 3.22. The second kappa shape index (κ2) is 6.27. The molecule has 2 rings (SSSR count). The van der Waals surface area contributed by atoms with Crippen molar-refractivity contribution in [3.63, 3.8) is 0 Å². The summed E-state index contributed by atoms with van der Waals surface area (Å²) in [5.41, 5.74) is 0. The molecule has 16 heavy (non-hydrogen) atoms. The second-order valence-electron chi connectivity index (χ2n) is 5.45. The van der Waals surface area contributed by atoms with Gasteiger partial charge in [-0.2, -0.15) is 0 Å². The van der Waals surface area contributed by atoms with Crippen LogP contribution in [0.25, 0.3) is 0 Å². The van der Waals surface area contributed by atoms with Crippen molar-refractivity contribution in [2.45, 2.75) is 44.6 Å². The molecule has 0 aliphatic carbocycles. The van der Waals surface area contributed by atoms with E-state index in [4.69, 9.17) is 6.42 Å². The summed E-state index contributed by atoms with van der Waals surface area (Å²) in [5.74, 6) is 3.06. The number of terminal acetylenes is 1. The number of hydrogen-bond acceptors (Lipinski definition) is 0. The fourth-order valence-electron chi connectivity index (χ4n) is 3.22. The molecule has 2 nitrogen and oxygen atoms in total. The van der Waals surface area contributed by atoms with Crippen LogP contribution in [-0.4, -0.2) is 38.8 Å². The molecule has 2 saturated heterocycles. The molecule has 2 fully saturated rings. The standard InChI is InChI=1S/C14H24N2/c1-2-14(16-11-7-4-8-12-16)13-15-9-5-3-6-10-15/h1,14H,3-13H2/p+2/t14-/m0/s1. The van der Waals surface area contributed by atoms with E-state index in [1.807, 2.05) is 0 Å². The van der Waals surface area contributed by atoms with Gasteiger partial charge in [-0.3, -0.25) is 0 Å². The first-order chi connectivity index (χ1) is 7.90. The molecule has 1 atom stereocenters. The first-order valence-corrected chi connectivity index (χ1v) is 7.04. The number of nitrogens with one attached hydrogen (secondary N) is 2. The smallest absolute Gasteiger partial charge is 0.198 e. The monoisotopic (exact) mass is 222 g/mol. The molecule has 0 aromatic rings. The lowest BCUT2D eigenvalue weighted by Gasteiger charge is -2.31. The highest BCUT2D eigenvalue weighted by atomic mass is 15.2. The Morgan fingerprint density at radius 3 is 2.00 bits per heavy atom. The molecule has 0 radical (unpaired) electrons. The van der Waals surface area contributed by atoms with Crippen molar-refractivity contribution in [3.8, 4) is 12.3 Å². The maximum absolute atomic E-state index is 5.74. The van der Waals surface area contributed by atoms with Crippen molar-refractivity contribution >= 4 is 0 Å². The SMILES string of the molecule is C#C[C@@H](C[NH+]1CCCCC1)[NH+]1CCCCC1. The minimum absolute atomic E-state index is 0.480. The van der Waals surface area contributed by atoms with E-state index in [0.717, 1.165) is 0 Å². The van der Waals surface area contributed by atoms with Crippen molar-refractivity contribution in [2.75, 3.05) is 32.7 Å². The highest BCUT2D eigenvalue weighted by Gasteiger charge is 2.27. The maximum Gasteiger partial charge on any atom is 0.198 e. The summed E-state index contributed by atoms with van der Waals surface area (Å²) in [6.45, 7) is 6.53. The zero-order chi connectivity index (χ0) is 11.2. The lowest BCUT2D eigenvalue weighted by molar-refractivity contribution is -0.974. The lowest BCUT2D eigenvalue weighted by Crippen LogP contribution is -3.23. The van der Waals surface area contributed by atoms with Crippen LogP contribution in [-0.2, 0) is 0 Å². The summed E-state index contributed by atoms with van der Waals surface area (Å²) in [4.78, 5) is 3.44. The van der Waals surface area contributed by atoms with Crippen LogP contribution >= 0.6 is 0 Å². The number of likely N-dealkylation sites (tertiary alicyclic amines) is 2. The predicted octanol–water partition coefficient (Wildman–Crippen LogP) is -0.874. The molecule has 2 aliphatic heterocycles. The van der Waals surface area contributed by atoms with Crippen molar-refractivity contribution in [3.05, 3.63) is 0 Å². The molecule has 0 aromatic heterocycles. The van der Waals surface area contributed by atoms with E-state index < -0.39 is 0 Å². The van der Waals surface area contributed by atoms with E-state index in [1.165, 1.54) is 71.2 Å². The summed E-state index contributed by atoms with van der Waals surface area (Å²) in [6.07, 6.45) is 14.1. The van der Waals surface area contributed by atoms with Crippen LogP contribution in [0.1, 0.15) is 38.5 Å². The highest BCUT2D eigenvalue weighted by molar-refractivity contribution is 4.93. The number of hydrogen-bond donors (Lipinski definition) is 2. The lowest BCUT2D eigenvalue weighted by atomic mass is 10.1. The minimum Gasteiger partial charge on any atom is -0.329 e. The fraction of sp³-hybridized carbons (Fsp3) is 0.857. The number of quaternary nitrogens is 2. The number of rotatable bonds is 3. The van der Waals surface area contributed by atoms with Crippen molar-refractivity contribution in [1.29, 1.82) is 0 Å². The van der Waals surface area contributed by atoms with Gasteiger partial charge in [0.05, 0.1) is 26.2 Å². The first kappa shape index (κ1) is 12.0. The van der Waals surface area contributed by atoms with Gasteiger partial charge in [-0.05, 0) is 44.4 Å². The van der Waals surface area contributed by atoms with Gasteiger partial charge in [0, 0.05) is 0 Å². The molecule has 2 heterocycles. The van der Waals surface area contributed by atoms with Crippen LogP contribution in [0.15, 0.2) is 0 Å².